The second-order valence-electron chi connectivity index (χ2n) is 13.1. The molecule has 4 rings (SSSR count). The number of hydrogen-bond donors (Lipinski definition) is 0. The predicted octanol–water partition coefficient (Wildman–Crippen LogP) is 8.68. The number of rotatable bonds is 7. The molecule has 178 valence electrons. The van der Waals surface area contributed by atoms with Crippen molar-refractivity contribution in [2.24, 2.45) is 52.3 Å². The fraction of sp³-hybridized carbons (Fsp3) is 0.933. The van der Waals surface area contributed by atoms with Crippen molar-refractivity contribution in [3.63, 3.8) is 0 Å². The lowest BCUT2D eigenvalue weighted by Crippen LogP contribution is -2.51. The molecular weight excluding hydrogens is 376 g/mol. The molecule has 0 heterocycles. The number of ether oxygens (including phenoxy) is 1. The largest absolute Gasteiger partial charge is 0.381 e. The smallest absolute Gasteiger partial charge is 0.0608 e. The van der Waals surface area contributed by atoms with E-state index >= 15 is 0 Å². The molecule has 1 heteroatoms. The lowest BCUT2D eigenvalue weighted by atomic mass is 9.47. The van der Waals surface area contributed by atoms with Gasteiger partial charge < -0.3 is 4.74 Å². The Kier molecular flexibility index (Phi) is 7.04. The summed E-state index contributed by atoms with van der Waals surface area (Å²) in [6, 6.07) is 0. The third kappa shape index (κ3) is 4.08. The van der Waals surface area contributed by atoms with Crippen LogP contribution in [-0.4, -0.2) is 13.2 Å². The zero-order chi connectivity index (χ0) is 22.4. The van der Waals surface area contributed by atoms with Gasteiger partial charge in [-0.25, -0.2) is 0 Å². The zero-order valence-electron chi connectivity index (χ0n) is 21.9. The molecular formula is C30H52O. The molecule has 0 bridgehead atoms. The summed E-state index contributed by atoms with van der Waals surface area (Å²) in [7, 11) is 1.91. The van der Waals surface area contributed by atoms with Crippen LogP contribution in [0.25, 0.3) is 0 Å². The highest BCUT2D eigenvalue weighted by Gasteiger charge is 2.59. The highest BCUT2D eigenvalue weighted by atomic mass is 16.5. The monoisotopic (exact) mass is 428 g/mol. The summed E-state index contributed by atoms with van der Waals surface area (Å²) >= 11 is 0. The molecule has 0 aromatic heterocycles. The average molecular weight is 429 g/mol. The van der Waals surface area contributed by atoms with Gasteiger partial charge in [0, 0.05) is 7.11 Å². The van der Waals surface area contributed by atoms with Gasteiger partial charge in [-0.1, -0.05) is 66.0 Å². The summed E-state index contributed by atoms with van der Waals surface area (Å²) in [6.07, 6.45) is 18.6. The van der Waals surface area contributed by atoms with Crippen molar-refractivity contribution in [2.45, 2.75) is 118 Å². The van der Waals surface area contributed by atoms with Gasteiger partial charge in [-0.05, 0) is 110 Å². The van der Waals surface area contributed by atoms with E-state index in [1.807, 2.05) is 7.11 Å². The van der Waals surface area contributed by atoms with E-state index in [2.05, 4.69) is 47.6 Å². The minimum atomic E-state index is 0.467. The van der Waals surface area contributed by atoms with Crippen LogP contribution in [0.4, 0.5) is 0 Å². The number of methoxy groups -OCH3 is 1. The Morgan fingerprint density at radius 3 is 2.45 bits per heavy atom. The number of fused-ring (bicyclic) bond motifs is 5. The van der Waals surface area contributed by atoms with Gasteiger partial charge in [0.25, 0.3) is 0 Å². The zero-order valence-corrected chi connectivity index (χ0v) is 21.9. The van der Waals surface area contributed by atoms with Gasteiger partial charge in [-0.3, -0.25) is 0 Å². The lowest BCUT2D eigenvalue weighted by molar-refractivity contribution is -0.0603. The molecule has 0 aromatic carbocycles. The molecule has 1 nitrogen and oxygen atoms in total. The van der Waals surface area contributed by atoms with Gasteiger partial charge >= 0.3 is 0 Å². The van der Waals surface area contributed by atoms with Crippen molar-refractivity contribution in [3.8, 4) is 0 Å². The first-order chi connectivity index (χ1) is 14.7. The molecule has 31 heavy (non-hydrogen) atoms. The van der Waals surface area contributed by atoms with E-state index in [-0.39, 0.29) is 0 Å². The molecule has 0 radical (unpaired) electrons. The fourth-order valence-electron chi connectivity index (χ4n) is 9.49. The van der Waals surface area contributed by atoms with Crippen LogP contribution < -0.4 is 0 Å². The molecule has 4 aliphatic carbocycles. The number of hydrogen-bond acceptors (Lipinski definition) is 1. The van der Waals surface area contributed by atoms with Crippen LogP contribution in [-0.2, 0) is 4.74 Å². The first-order valence-corrected chi connectivity index (χ1v) is 14.0. The molecule has 3 saturated carbocycles. The van der Waals surface area contributed by atoms with Crippen LogP contribution in [0.3, 0.4) is 0 Å². The average Bonchev–Trinajstić information content (AvgIpc) is 3.10. The van der Waals surface area contributed by atoms with Crippen LogP contribution in [0, 0.1) is 52.3 Å². The molecule has 0 spiro atoms. The maximum atomic E-state index is 5.77. The second-order valence-corrected chi connectivity index (χ2v) is 13.1. The molecule has 0 unspecified atom stereocenters. The van der Waals surface area contributed by atoms with Gasteiger partial charge in [0.2, 0.25) is 0 Å². The van der Waals surface area contributed by atoms with Gasteiger partial charge in [0.15, 0.2) is 0 Å². The summed E-state index contributed by atoms with van der Waals surface area (Å²) in [5.74, 6) is 6.49. The van der Waals surface area contributed by atoms with Crippen molar-refractivity contribution < 1.29 is 4.74 Å². The van der Waals surface area contributed by atoms with Gasteiger partial charge in [-0.2, -0.15) is 0 Å². The van der Waals surface area contributed by atoms with E-state index in [0.717, 1.165) is 41.4 Å². The van der Waals surface area contributed by atoms with E-state index in [1.165, 1.54) is 70.6 Å². The van der Waals surface area contributed by atoms with E-state index in [4.69, 9.17) is 4.74 Å². The summed E-state index contributed by atoms with van der Waals surface area (Å²) in [5.41, 5.74) is 2.83. The lowest BCUT2D eigenvalue weighted by Gasteiger charge is -2.58. The molecule has 0 saturated heterocycles. The third-order valence-electron chi connectivity index (χ3n) is 11.6. The Hall–Kier alpha value is -0.300. The van der Waals surface area contributed by atoms with Crippen LogP contribution in [0.2, 0.25) is 0 Å². The second kappa shape index (κ2) is 9.15. The Balaban J connectivity index is 1.47. The quantitative estimate of drug-likeness (QED) is 0.368. The van der Waals surface area contributed by atoms with Crippen molar-refractivity contribution in [2.75, 3.05) is 7.11 Å². The molecule has 0 aliphatic heterocycles. The highest BCUT2D eigenvalue weighted by Crippen LogP contribution is 2.67. The van der Waals surface area contributed by atoms with Gasteiger partial charge in [-0.15, -0.1) is 0 Å². The van der Waals surface area contributed by atoms with Crippen molar-refractivity contribution >= 4 is 0 Å². The Morgan fingerprint density at radius 1 is 1.00 bits per heavy atom. The van der Waals surface area contributed by atoms with Crippen LogP contribution >= 0.6 is 0 Å². The Labute approximate surface area is 194 Å². The molecule has 0 N–H and O–H groups in total. The molecule has 3 fully saturated rings. The van der Waals surface area contributed by atoms with Crippen LogP contribution in [0.5, 0.6) is 0 Å². The predicted molar refractivity (Wildman–Crippen MR) is 133 cm³/mol. The first kappa shape index (κ1) is 23.8. The van der Waals surface area contributed by atoms with E-state index in [9.17, 15) is 0 Å². The maximum absolute atomic E-state index is 5.77. The van der Waals surface area contributed by atoms with Crippen LogP contribution in [0.15, 0.2) is 11.6 Å². The Bertz CT molecular complexity index is 649. The molecule has 0 aromatic rings. The van der Waals surface area contributed by atoms with Gasteiger partial charge in [0.05, 0.1) is 6.10 Å². The Morgan fingerprint density at radius 2 is 1.77 bits per heavy atom. The highest BCUT2D eigenvalue weighted by molar-refractivity contribution is 5.25. The summed E-state index contributed by atoms with van der Waals surface area (Å²) in [4.78, 5) is 0. The topological polar surface area (TPSA) is 9.23 Å². The minimum Gasteiger partial charge on any atom is -0.381 e. The first-order valence-electron chi connectivity index (χ1n) is 14.0. The van der Waals surface area contributed by atoms with E-state index < -0.39 is 0 Å². The van der Waals surface area contributed by atoms with E-state index in [1.54, 1.807) is 5.57 Å². The standard InChI is InChI=1S/C30H52O/c1-8-22(20(2)3)10-9-21(4)26-13-14-27-25-12-11-23-19-24(31-7)15-17-29(23,5)28(25)16-18-30(26,27)6/h11,20-22,24-28H,8-10,12-19H2,1-7H3/t21-,22+,24+,25+,26-,27+,28+,29+,30-/m1/s1. The molecule has 9 atom stereocenters. The normalized spacial score (nSPS) is 44.3. The fourth-order valence-corrected chi connectivity index (χ4v) is 9.49. The van der Waals surface area contributed by atoms with E-state index in [0.29, 0.717) is 16.9 Å². The maximum Gasteiger partial charge on any atom is 0.0608 e. The number of allylic oxidation sites excluding steroid dienone is 1. The van der Waals surface area contributed by atoms with Crippen molar-refractivity contribution in [1.82, 2.24) is 0 Å². The van der Waals surface area contributed by atoms with Crippen molar-refractivity contribution in [1.29, 1.82) is 0 Å². The molecule has 0 amide bonds. The van der Waals surface area contributed by atoms with Crippen molar-refractivity contribution in [3.05, 3.63) is 11.6 Å². The SMILES string of the molecule is CC[C@@H](CC[C@@H](C)[C@H]1CC[C@H]2[C@@H]3CC=C4C[C@@H](OC)CC[C@]4(C)[C@H]3CC[C@]12C)C(C)C. The van der Waals surface area contributed by atoms with Gasteiger partial charge in [0.1, 0.15) is 0 Å². The summed E-state index contributed by atoms with van der Waals surface area (Å²) in [5, 5.41) is 0. The van der Waals surface area contributed by atoms with Crippen LogP contribution in [0.1, 0.15) is 112 Å². The summed E-state index contributed by atoms with van der Waals surface area (Å²) < 4.78 is 5.77. The summed E-state index contributed by atoms with van der Waals surface area (Å²) in [6.45, 7) is 15.2. The minimum absolute atomic E-state index is 0.467. The third-order valence-corrected chi connectivity index (χ3v) is 11.6. The molecule has 4 aliphatic rings.